The molecule has 8 nitrogen and oxygen atoms in total. The van der Waals surface area contributed by atoms with Crippen molar-refractivity contribution in [1.29, 1.82) is 0 Å². The molecule has 28 heavy (non-hydrogen) atoms. The molecule has 0 N–H and O–H groups in total. The molecule has 1 aromatic rings. The Kier molecular flexibility index (Phi) is 3.89. The lowest BCUT2D eigenvalue weighted by atomic mass is 9.65. The van der Waals surface area contributed by atoms with Crippen LogP contribution in [0, 0.1) is 20.9 Å². The predicted molar refractivity (Wildman–Crippen MR) is 99.7 cm³/mol. The molecule has 0 radical (unpaired) electrons. The number of likely N-dealkylation sites (tertiary alicyclic amines) is 1. The summed E-state index contributed by atoms with van der Waals surface area (Å²) in [7, 11) is 0. The Morgan fingerprint density at radius 3 is 2.61 bits per heavy atom. The van der Waals surface area contributed by atoms with Gasteiger partial charge in [0.15, 0.2) is 0 Å². The van der Waals surface area contributed by atoms with Gasteiger partial charge in [0, 0.05) is 18.7 Å². The minimum absolute atomic E-state index is 0.0136. The van der Waals surface area contributed by atoms with Gasteiger partial charge >= 0.3 is 0 Å². The van der Waals surface area contributed by atoms with Crippen LogP contribution in [0.15, 0.2) is 18.2 Å². The minimum Gasteiger partial charge on any atom is -0.338 e. The molecule has 2 atom stereocenters. The Hall–Kier alpha value is -2.77. The van der Waals surface area contributed by atoms with Gasteiger partial charge in [-0.05, 0) is 36.2 Å². The molecule has 1 saturated carbocycles. The van der Waals surface area contributed by atoms with Gasteiger partial charge in [0.2, 0.25) is 5.91 Å². The van der Waals surface area contributed by atoms with E-state index in [0.717, 1.165) is 24.2 Å². The first-order valence-corrected chi connectivity index (χ1v) is 9.44. The predicted octanol–water partition coefficient (Wildman–Crippen LogP) is 2.62. The third kappa shape index (κ3) is 2.78. The summed E-state index contributed by atoms with van der Waals surface area (Å²) in [5, 5.41) is 11.2. The third-order valence-electron chi connectivity index (χ3n) is 6.20. The van der Waals surface area contributed by atoms with Crippen molar-refractivity contribution >= 4 is 23.4 Å². The molecule has 2 aliphatic heterocycles. The summed E-state index contributed by atoms with van der Waals surface area (Å²) in [6.45, 7) is 6.82. The minimum atomic E-state index is -0.769. The fraction of sp³-hybridized carbons (Fsp3) is 0.550. The number of carbonyl (C=O) groups is 3. The van der Waals surface area contributed by atoms with Gasteiger partial charge in [-0.3, -0.25) is 29.4 Å². The molecule has 0 spiro atoms. The summed E-state index contributed by atoms with van der Waals surface area (Å²) < 4.78 is 0. The number of fused-ring (bicyclic) bond motifs is 3. The van der Waals surface area contributed by atoms with E-state index >= 15 is 0 Å². The van der Waals surface area contributed by atoms with Crippen molar-refractivity contribution in [2.24, 2.45) is 10.8 Å². The lowest BCUT2D eigenvalue weighted by Crippen LogP contribution is -2.45. The molecule has 3 amide bonds. The summed E-state index contributed by atoms with van der Waals surface area (Å²) in [5.74, 6) is -1.69. The van der Waals surface area contributed by atoms with E-state index in [9.17, 15) is 24.5 Å². The van der Waals surface area contributed by atoms with Crippen LogP contribution >= 0.6 is 0 Å². The molecule has 3 aliphatic rings. The van der Waals surface area contributed by atoms with Gasteiger partial charge in [-0.15, -0.1) is 0 Å². The highest BCUT2D eigenvalue weighted by molar-refractivity contribution is 6.24. The highest BCUT2D eigenvalue weighted by Gasteiger charge is 2.51. The van der Waals surface area contributed by atoms with Crippen LogP contribution in [0.5, 0.6) is 0 Å². The fourth-order valence-corrected chi connectivity index (χ4v) is 5.59. The van der Waals surface area contributed by atoms with Crippen molar-refractivity contribution in [2.75, 3.05) is 13.1 Å². The quantitative estimate of drug-likeness (QED) is 0.452. The summed E-state index contributed by atoms with van der Waals surface area (Å²) in [5.41, 5.74) is -0.456. The zero-order chi connectivity index (χ0) is 20.4. The second-order valence-corrected chi connectivity index (χ2v) is 9.39. The molecule has 0 unspecified atom stereocenters. The van der Waals surface area contributed by atoms with E-state index in [2.05, 4.69) is 20.8 Å². The van der Waals surface area contributed by atoms with Crippen LogP contribution < -0.4 is 0 Å². The maximum Gasteiger partial charge on any atom is 0.282 e. The Morgan fingerprint density at radius 2 is 1.93 bits per heavy atom. The average molecular weight is 385 g/mol. The van der Waals surface area contributed by atoms with E-state index in [-0.39, 0.29) is 40.5 Å². The summed E-state index contributed by atoms with van der Waals surface area (Å²) in [6.07, 6.45) is 2.84. The molecule has 1 saturated heterocycles. The highest BCUT2D eigenvalue weighted by Crippen LogP contribution is 2.52. The first-order chi connectivity index (χ1) is 13.0. The van der Waals surface area contributed by atoms with Crippen molar-refractivity contribution in [3.05, 3.63) is 39.4 Å². The van der Waals surface area contributed by atoms with Gasteiger partial charge < -0.3 is 4.90 Å². The fourth-order valence-electron chi connectivity index (χ4n) is 5.59. The van der Waals surface area contributed by atoms with Gasteiger partial charge in [0.25, 0.3) is 17.5 Å². The Labute approximate surface area is 162 Å². The average Bonchev–Trinajstić information content (AvgIpc) is 2.98. The first-order valence-electron chi connectivity index (χ1n) is 9.44. The number of carbonyl (C=O) groups excluding carboxylic acids is 3. The normalized spacial score (nSPS) is 27.9. The monoisotopic (exact) mass is 385 g/mol. The van der Waals surface area contributed by atoms with Crippen molar-refractivity contribution in [3.63, 3.8) is 0 Å². The maximum atomic E-state index is 13.0. The molecule has 4 rings (SSSR count). The standard InChI is InChI=1S/C20H23N3O5/c1-19(2)7-12-8-20(3,10-19)11-22(12)15(24)9-21-17(25)13-5-4-6-14(23(27)28)16(13)18(21)26/h4-6,12H,7-11H2,1-3H3/t12-,20-/m1/s1. The Bertz CT molecular complexity index is 924. The summed E-state index contributed by atoms with van der Waals surface area (Å²) >= 11 is 0. The molecule has 1 aliphatic carbocycles. The summed E-state index contributed by atoms with van der Waals surface area (Å²) in [6, 6.07) is 4.06. The van der Waals surface area contributed by atoms with Crippen LogP contribution in [0.25, 0.3) is 0 Å². The number of hydrogen-bond acceptors (Lipinski definition) is 5. The van der Waals surface area contributed by atoms with Crippen molar-refractivity contribution < 1.29 is 19.3 Å². The van der Waals surface area contributed by atoms with Crippen molar-refractivity contribution in [1.82, 2.24) is 9.80 Å². The number of nitro benzene ring substituents is 1. The Balaban J connectivity index is 1.57. The molecule has 148 valence electrons. The molecule has 2 fully saturated rings. The van der Waals surface area contributed by atoms with Gasteiger partial charge in [0.1, 0.15) is 12.1 Å². The van der Waals surface area contributed by atoms with Gasteiger partial charge in [-0.1, -0.05) is 26.8 Å². The second kappa shape index (κ2) is 5.86. The number of amides is 3. The van der Waals surface area contributed by atoms with Gasteiger partial charge in [0.05, 0.1) is 10.5 Å². The van der Waals surface area contributed by atoms with Crippen LogP contribution in [0.4, 0.5) is 5.69 Å². The van der Waals surface area contributed by atoms with E-state index in [4.69, 9.17) is 0 Å². The second-order valence-electron chi connectivity index (χ2n) is 9.39. The van der Waals surface area contributed by atoms with Crippen LogP contribution in [0.2, 0.25) is 0 Å². The molecule has 1 aromatic carbocycles. The molecule has 0 aromatic heterocycles. The number of benzene rings is 1. The molecule has 2 bridgehead atoms. The van der Waals surface area contributed by atoms with Gasteiger partial charge in [-0.25, -0.2) is 0 Å². The topological polar surface area (TPSA) is 101 Å². The maximum absolute atomic E-state index is 13.0. The number of imide groups is 1. The highest BCUT2D eigenvalue weighted by atomic mass is 16.6. The lowest BCUT2D eigenvalue weighted by Gasteiger charge is -2.39. The van der Waals surface area contributed by atoms with Crippen molar-refractivity contribution in [3.8, 4) is 0 Å². The smallest absolute Gasteiger partial charge is 0.282 e. The van der Waals surface area contributed by atoms with E-state index in [0.29, 0.717) is 6.54 Å². The molecular weight excluding hydrogens is 362 g/mol. The number of hydrogen-bond donors (Lipinski definition) is 0. The number of nitrogens with zero attached hydrogens (tertiary/aromatic N) is 3. The van der Waals surface area contributed by atoms with E-state index < -0.39 is 22.4 Å². The zero-order valence-electron chi connectivity index (χ0n) is 16.2. The van der Waals surface area contributed by atoms with Crippen LogP contribution in [0.1, 0.15) is 60.7 Å². The first kappa shape index (κ1) is 18.6. The van der Waals surface area contributed by atoms with E-state index in [1.54, 1.807) is 4.90 Å². The summed E-state index contributed by atoms with van der Waals surface area (Å²) in [4.78, 5) is 51.5. The molecule has 2 heterocycles. The van der Waals surface area contributed by atoms with Gasteiger partial charge in [-0.2, -0.15) is 0 Å². The largest absolute Gasteiger partial charge is 0.338 e. The third-order valence-corrected chi connectivity index (χ3v) is 6.20. The Morgan fingerprint density at radius 1 is 1.21 bits per heavy atom. The number of rotatable bonds is 3. The van der Waals surface area contributed by atoms with E-state index in [1.165, 1.54) is 18.2 Å². The van der Waals surface area contributed by atoms with Crippen LogP contribution in [0.3, 0.4) is 0 Å². The zero-order valence-corrected chi connectivity index (χ0v) is 16.2. The lowest BCUT2D eigenvalue weighted by molar-refractivity contribution is -0.385. The molecular formula is C20H23N3O5. The molecule has 8 heteroatoms. The van der Waals surface area contributed by atoms with E-state index in [1.807, 2.05) is 0 Å². The van der Waals surface area contributed by atoms with Crippen molar-refractivity contribution in [2.45, 2.75) is 46.1 Å². The number of nitro groups is 1. The van der Waals surface area contributed by atoms with Crippen LogP contribution in [-0.2, 0) is 4.79 Å². The SMILES string of the molecule is CC1(C)C[C@@H]2C[C@@](C)(CN2C(=O)CN2C(=O)c3cccc([N+](=O)[O-])c3C2=O)C1. The van der Waals surface area contributed by atoms with Crippen LogP contribution in [-0.4, -0.2) is 51.6 Å².